The molecule has 12 heteroatoms. The molecule has 0 aliphatic carbocycles. The quantitative estimate of drug-likeness (QED) is 0.170. The number of fused-ring (bicyclic) bond motifs is 2. The van der Waals surface area contributed by atoms with Gasteiger partial charge in [0.1, 0.15) is 5.69 Å². The van der Waals surface area contributed by atoms with Crippen LogP contribution in [0.4, 0.5) is 27.4 Å². The van der Waals surface area contributed by atoms with Crippen molar-refractivity contribution in [3.63, 3.8) is 0 Å². The lowest BCUT2D eigenvalue weighted by atomic mass is 10.1. The average Bonchev–Trinajstić information content (AvgIpc) is 3.37. The Kier molecular flexibility index (Phi) is 6.73. The Balaban J connectivity index is 1.59. The number of hydrogen-bond acceptors (Lipinski definition) is 7. The van der Waals surface area contributed by atoms with E-state index in [2.05, 4.69) is 19.7 Å². The number of aryl methyl sites for hydroxylation is 1. The lowest BCUT2D eigenvalue weighted by Crippen LogP contribution is -2.28. The van der Waals surface area contributed by atoms with E-state index in [1.54, 1.807) is 12.1 Å². The Bertz CT molecular complexity index is 1680. The van der Waals surface area contributed by atoms with Gasteiger partial charge in [0, 0.05) is 67.8 Å². The number of anilines is 3. The summed E-state index contributed by atoms with van der Waals surface area (Å²) in [4.78, 5) is 24.6. The fourth-order valence-corrected chi connectivity index (χ4v) is 4.87. The lowest BCUT2D eigenvalue weighted by molar-refractivity contribution is -0.384. The van der Waals surface area contributed by atoms with Crippen molar-refractivity contribution in [2.45, 2.75) is 0 Å². The Labute approximate surface area is 221 Å². The second-order valence-corrected chi connectivity index (χ2v) is 10.0. The summed E-state index contributed by atoms with van der Waals surface area (Å²) in [6, 6.07) is 12.8. The number of nitro groups is 1. The van der Waals surface area contributed by atoms with Crippen LogP contribution in [0, 0.1) is 15.9 Å². The standard InChI is InChI=1S/C26H28FN8O2P/c1-31(2)11-12-32(3)21-10-9-16(13-22(21)35(36)37)28-26-29-24(23-19(27)15-34(38)25(23)30-26)18-14-33(4)20-8-6-5-7-17(18)20/h5-10,13-15H,11-12,38H2,1-4H3,(H,28,29,30). The Morgan fingerprint density at radius 2 is 1.87 bits per heavy atom. The van der Waals surface area contributed by atoms with Crippen LogP contribution in [0.1, 0.15) is 0 Å². The summed E-state index contributed by atoms with van der Waals surface area (Å²) in [7, 11) is 10.1. The summed E-state index contributed by atoms with van der Waals surface area (Å²) in [5.74, 6) is -0.240. The number of benzene rings is 2. The molecule has 2 aromatic carbocycles. The maximum atomic E-state index is 15.1. The highest BCUT2D eigenvalue weighted by Crippen LogP contribution is 2.37. The molecule has 0 aliphatic heterocycles. The summed E-state index contributed by atoms with van der Waals surface area (Å²) in [5, 5.41) is 16.2. The predicted molar refractivity (Wildman–Crippen MR) is 153 cm³/mol. The average molecular weight is 535 g/mol. The van der Waals surface area contributed by atoms with Gasteiger partial charge in [-0.1, -0.05) is 18.2 Å². The highest BCUT2D eigenvalue weighted by molar-refractivity contribution is 7.14. The van der Waals surface area contributed by atoms with Gasteiger partial charge in [-0.3, -0.25) is 10.1 Å². The number of nitrogens with zero attached hydrogens (tertiary/aromatic N) is 7. The zero-order chi connectivity index (χ0) is 27.1. The Morgan fingerprint density at radius 3 is 2.61 bits per heavy atom. The minimum atomic E-state index is -0.440. The minimum absolute atomic E-state index is 0.0351. The highest BCUT2D eigenvalue weighted by atomic mass is 31.0. The third kappa shape index (κ3) is 4.66. The van der Waals surface area contributed by atoms with Gasteiger partial charge >= 0.3 is 0 Å². The summed E-state index contributed by atoms with van der Waals surface area (Å²) in [6.07, 6.45) is 3.25. The van der Waals surface area contributed by atoms with E-state index in [4.69, 9.17) is 4.98 Å². The number of hydrogen-bond donors (Lipinski definition) is 1. The number of likely N-dealkylation sites (N-methyl/N-ethyl adjacent to an activating group) is 2. The molecule has 0 radical (unpaired) electrons. The first-order valence-corrected chi connectivity index (χ1v) is 12.4. The van der Waals surface area contributed by atoms with Crippen molar-refractivity contribution in [3.8, 4) is 11.3 Å². The van der Waals surface area contributed by atoms with Crippen molar-refractivity contribution in [1.82, 2.24) is 23.8 Å². The largest absolute Gasteiger partial charge is 0.368 e. The molecular weight excluding hydrogens is 506 g/mol. The third-order valence-electron chi connectivity index (χ3n) is 6.50. The van der Waals surface area contributed by atoms with Crippen LogP contribution in [0.3, 0.4) is 0 Å². The van der Waals surface area contributed by atoms with Gasteiger partial charge in [-0.25, -0.2) is 9.37 Å². The van der Waals surface area contributed by atoms with Crippen molar-refractivity contribution < 1.29 is 9.31 Å². The van der Waals surface area contributed by atoms with E-state index in [1.165, 1.54) is 16.6 Å². The van der Waals surface area contributed by atoms with Gasteiger partial charge in [-0.15, -0.1) is 0 Å². The maximum absolute atomic E-state index is 15.1. The first-order chi connectivity index (χ1) is 18.1. The number of rotatable bonds is 8. The summed E-state index contributed by atoms with van der Waals surface area (Å²) >= 11 is 0. The third-order valence-corrected chi connectivity index (χ3v) is 6.89. The fraction of sp³-hybridized carbons (Fsp3) is 0.231. The molecule has 0 amide bonds. The molecule has 0 saturated heterocycles. The van der Waals surface area contributed by atoms with E-state index in [0.717, 1.165) is 23.0 Å². The van der Waals surface area contributed by atoms with Crippen LogP contribution < -0.4 is 10.2 Å². The molecule has 0 saturated carbocycles. The van der Waals surface area contributed by atoms with Crippen LogP contribution in [0.2, 0.25) is 0 Å². The normalized spacial score (nSPS) is 11.6. The van der Waals surface area contributed by atoms with Gasteiger partial charge in [0.05, 0.1) is 16.0 Å². The molecule has 0 aliphatic rings. The molecule has 5 rings (SSSR count). The molecule has 3 aromatic heterocycles. The molecule has 1 N–H and O–H groups in total. The van der Waals surface area contributed by atoms with E-state index < -0.39 is 10.7 Å². The van der Waals surface area contributed by atoms with Crippen molar-refractivity contribution >= 4 is 54.3 Å². The zero-order valence-electron chi connectivity index (χ0n) is 21.5. The van der Waals surface area contributed by atoms with Crippen LogP contribution in [-0.4, -0.2) is 62.9 Å². The molecule has 5 aromatic rings. The molecule has 1 atom stereocenters. The maximum Gasteiger partial charge on any atom is 0.294 e. The van der Waals surface area contributed by atoms with Crippen LogP contribution in [0.25, 0.3) is 33.2 Å². The van der Waals surface area contributed by atoms with E-state index in [0.29, 0.717) is 34.6 Å². The van der Waals surface area contributed by atoms with E-state index in [-0.39, 0.29) is 11.6 Å². The summed E-state index contributed by atoms with van der Waals surface area (Å²) in [5.41, 5.74) is 3.48. The van der Waals surface area contributed by atoms with Crippen LogP contribution >= 0.6 is 9.39 Å². The molecule has 196 valence electrons. The first-order valence-electron chi connectivity index (χ1n) is 11.9. The molecule has 38 heavy (non-hydrogen) atoms. The topological polar surface area (TPSA) is 97.3 Å². The molecule has 10 nitrogen and oxygen atoms in total. The number of nitro benzene ring substituents is 1. The number of para-hydroxylation sites is 1. The Morgan fingerprint density at radius 1 is 1.11 bits per heavy atom. The highest BCUT2D eigenvalue weighted by Gasteiger charge is 2.22. The molecule has 0 fully saturated rings. The van der Waals surface area contributed by atoms with Crippen molar-refractivity contribution in [1.29, 1.82) is 0 Å². The molecule has 0 spiro atoms. The molecule has 1 unspecified atom stereocenters. The van der Waals surface area contributed by atoms with Gasteiger partial charge in [0.25, 0.3) is 5.69 Å². The second-order valence-electron chi connectivity index (χ2n) is 9.46. The lowest BCUT2D eigenvalue weighted by Gasteiger charge is -2.21. The van der Waals surface area contributed by atoms with Crippen molar-refractivity contribution in [3.05, 3.63) is 70.8 Å². The van der Waals surface area contributed by atoms with Gasteiger partial charge < -0.3 is 24.0 Å². The van der Waals surface area contributed by atoms with E-state index in [9.17, 15) is 10.1 Å². The number of halogens is 1. The second kappa shape index (κ2) is 10.00. The van der Waals surface area contributed by atoms with Gasteiger partial charge in [-0.05, 0) is 41.7 Å². The monoisotopic (exact) mass is 534 g/mol. The smallest absolute Gasteiger partial charge is 0.294 e. The van der Waals surface area contributed by atoms with Crippen molar-refractivity contribution in [2.24, 2.45) is 7.05 Å². The van der Waals surface area contributed by atoms with Gasteiger partial charge in [-0.2, -0.15) is 4.98 Å². The zero-order valence-corrected chi connectivity index (χ0v) is 22.7. The van der Waals surface area contributed by atoms with E-state index >= 15 is 4.39 Å². The number of nitrogens with one attached hydrogen (secondary N) is 1. The predicted octanol–water partition coefficient (Wildman–Crippen LogP) is 5.02. The van der Waals surface area contributed by atoms with Crippen LogP contribution in [0.5, 0.6) is 0 Å². The summed E-state index contributed by atoms with van der Waals surface area (Å²) < 4.78 is 18.6. The number of aromatic nitrogens is 4. The Hall–Kier alpha value is -4.08. The van der Waals surface area contributed by atoms with Crippen molar-refractivity contribution in [2.75, 3.05) is 44.4 Å². The van der Waals surface area contributed by atoms with Crippen LogP contribution in [0.15, 0.2) is 54.9 Å². The van der Waals surface area contributed by atoms with Crippen LogP contribution in [-0.2, 0) is 7.05 Å². The molecule has 3 heterocycles. The summed E-state index contributed by atoms with van der Waals surface area (Å²) in [6.45, 7) is 1.38. The van der Waals surface area contributed by atoms with Gasteiger partial charge in [0.15, 0.2) is 11.5 Å². The van der Waals surface area contributed by atoms with E-state index in [1.807, 2.05) is 73.0 Å². The molecule has 0 bridgehead atoms. The molecular formula is C26H28FN8O2P. The minimum Gasteiger partial charge on any atom is -0.368 e. The van der Waals surface area contributed by atoms with Gasteiger partial charge in [0.2, 0.25) is 5.95 Å². The first kappa shape index (κ1) is 25.6. The fourth-order valence-electron chi connectivity index (χ4n) is 4.55. The SMILES string of the molecule is CN(C)CCN(C)c1ccc(Nc2nc(-c3cn(C)c4ccccc34)c3c(F)cn(P)c3n2)cc1[N+](=O)[O-].